The van der Waals surface area contributed by atoms with Crippen molar-refractivity contribution < 1.29 is 22.7 Å². The van der Waals surface area contributed by atoms with Crippen molar-refractivity contribution in [1.82, 2.24) is 8.87 Å². The maximum atomic E-state index is 13.5. The van der Waals surface area contributed by atoms with Crippen LogP contribution >= 0.6 is 0 Å². The van der Waals surface area contributed by atoms with Gasteiger partial charge in [-0.15, -0.1) is 0 Å². The van der Waals surface area contributed by atoms with Gasteiger partial charge in [-0.1, -0.05) is 24.6 Å². The predicted octanol–water partition coefficient (Wildman–Crippen LogP) is 3.24. The van der Waals surface area contributed by atoms with Gasteiger partial charge in [0.1, 0.15) is 6.54 Å². The van der Waals surface area contributed by atoms with Crippen LogP contribution in [0.5, 0.6) is 0 Å². The summed E-state index contributed by atoms with van der Waals surface area (Å²) in [5.41, 5.74) is 5.48. The molecular weight excluding hydrogens is 440 g/mol. The Kier molecular flexibility index (Phi) is 7.56. The fourth-order valence-corrected chi connectivity index (χ4v) is 6.71. The van der Waals surface area contributed by atoms with E-state index in [9.17, 15) is 13.2 Å². The Morgan fingerprint density at radius 3 is 2.58 bits per heavy atom. The first-order valence-corrected chi connectivity index (χ1v) is 13.4. The Bertz CT molecular complexity index is 1100. The first-order chi connectivity index (χ1) is 15.9. The average molecular weight is 475 g/mol. The monoisotopic (exact) mass is 474 g/mol. The quantitative estimate of drug-likeness (QED) is 0.455. The van der Waals surface area contributed by atoms with E-state index in [0.29, 0.717) is 44.2 Å². The van der Waals surface area contributed by atoms with Crippen molar-refractivity contribution >= 4 is 16.0 Å². The van der Waals surface area contributed by atoms with Crippen molar-refractivity contribution in [3.63, 3.8) is 0 Å². The molecule has 1 saturated heterocycles. The number of rotatable bonds is 7. The van der Waals surface area contributed by atoms with Crippen molar-refractivity contribution in [2.24, 2.45) is 0 Å². The van der Waals surface area contributed by atoms with Gasteiger partial charge in [-0.05, 0) is 62.3 Å². The molecule has 2 heterocycles. The lowest BCUT2D eigenvalue weighted by atomic mass is 9.98. The molecule has 8 heteroatoms. The van der Waals surface area contributed by atoms with Gasteiger partial charge >= 0.3 is 5.97 Å². The number of morpholine rings is 1. The number of carbonyl (C=O) groups is 1. The third kappa shape index (κ3) is 5.03. The second-order valence-corrected chi connectivity index (χ2v) is 10.6. The van der Waals surface area contributed by atoms with E-state index in [1.165, 1.54) is 15.6 Å². The van der Waals surface area contributed by atoms with E-state index in [-0.39, 0.29) is 12.5 Å². The summed E-state index contributed by atoms with van der Waals surface area (Å²) in [6.45, 7) is 6.02. The molecule has 2 aliphatic rings. The minimum absolute atomic E-state index is 0.204. The summed E-state index contributed by atoms with van der Waals surface area (Å²) in [7, 11) is -3.60. The van der Waals surface area contributed by atoms with E-state index in [1.807, 2.05) is 26.0 Å². The highest BCUT2D eigenvalue weighted by Crippen LogP contribution is 2.33. The normalized spacial score (nSPS) is 17.4. The molecule has 0 radical (unpaired) electrons. The van der Waals surface area contributed by atoms with Crippen LogP contribution in [0, 0.1) is 6.92 Å². The number of benzene rings is 1. The molecule has 1 aliphatic heterocycles. The summed E-state index contributed by atoms with van der Waals surface area (Å²) in [6, 6.07) is 7.32. The number of fused-ring (bicyclic) bond motifs is 1. The molecule has 0 spiro atoms. The van der Waals surface area contributed by atoms with E-state index in [1.54, 1.807) is 12.1 Å². The van der Waals surface area contributed by atoms with E-state index >= 15 is 0 Å². The highest BCUT2D eigenvalue weighted by molar-refractivity contribution is 7.89. The van der Waals surface area contributed by atoms with Gasteiger partial charge in [0, 0.05) is 30.9 Å². The van der Waals surface area contributed by atoms with E-state index in [0.717, 1.165) is 48.9 Å². The highest BCUT2D eigenvalue weighted by atomic mass is 32.2. The zero-order valence-corrected chi connectivity index (χ0v) is 20.5. The van der Waals surface area contributed by atoms with Gasteiger partial charge < -0.3 is 14.0 Å². The van der Waals surface area contributed by atoms with Crippen LogP contribution in [0.2, 0.25) is 0 Å². The Morgan fingerprint density at radius 1 is 1.09 bits per heavy atom. The van der Waals surface area contributed by atoms with Gasteiger partial charge in [0.2, 0.25) is 10.0 Å². The Hall–Kier alpha value is -2.16. The number of hydrogen-bond acceptors (Lipinski definition) is 5. The summed E-state index contributed by atoms with van der Waals surface area (Å²) in [4.78, 5) is 12.7. The number of carbonyl (C=O) groups excluding carboxylic acids is 1. The Labute approximate surface area is 196 Å². The van der Waals surface area contributed by atoms with Crippen molar-refractivity contribution in [2.75, 3.05) is 32.9 Å². The average Bonchev–Trinajstić information content (AvgIpc) is 2.97. The summed E-state index contributed by atoms with van der Waals surface area (Å²) < 4.78 is 41.1. The summed E-state index contributed by atoms with van der Waals surface area (Å²) >= 11 is 0. The maximum absolute atomic E-state index is 13.5. The standard InChI is InChI=1S/C25H34N2O5S/c1-3-32-25(28)18-27-19(2)22(21-10-5-4-6-11-23(21)27)17-20-9-7-8-12-24(20)33(29,30)26-13-15-31-16-14-26/h7-9,12H,3-6,10-11,13-18H2,1-2H3. The van der Waals surface area contributed by atoms with E-state index in [2.05, 4.69) is 4.57 Å². The molecule has 7 nitrogen and oxygen atoms in total. The van der Waals surface area contributed by atoms with Gasteiger partial charge in [0.05, 0.1) is 24.7 Å². The van der Waals surface area contributed by atoms with Crippen LogP contribution in [0.3, 0.4) is 0 Å². The Morgan fingerprint density at radius 2 is 1.82 bits per heavy atom. The lowest BCUT2D eigenvalue weighted by Gasteiger charge is -2.27. The number of nitrogens with zero attached hydrogens (tertiary/aromatic N) is 2. The molecule has 1 aliphatic carbocycles. The summed E-state index contributed by atoms with van der Waals surface area (Å²) in [5.74, 6) is -0.232. The van der Waals surface area contributed by atoms with Crippen molar-refractivity contribution in [3.05, 3.63) is 52.3 Å². The van der Waals surface area contributed by atoms with Gasteiger partial charge in [-0.3, -0.25) is 4.79 Å². The Balaban J connectivity index is 1.73. The number of hydrogen-bond donors (Lipinski definition) is 0. The minimum Gasteiger partial charge on any atom is -0.465 e. The first-order valence-electron chi connectivity index (χ1n) is 11.9. The lowest BCUT2D eigenvalue weighted by Crippen LogP contribution is -2.40. The minimum atomic E-state index is -3.60. The number of esters is 1. The smallest absolute Gasteiger partial charge is 0.325 e. The van der Waals surface area contributed by atoms with Gasteiger partial charge in [-0.25, -0.2) is 8.42 Å². The molecule has 2 aromatic rings. The summed E-state index contributed by atoms with van der Waals surface area (Å²) in [5, 5.41) is 0. The molecule has 33 heavy (non-hydrogen) atoms. The van der Waals surface area contributed by atoms with Crippen LogP contribution < -0.4 is 0 Å². The fraction of sp³-hybridized carbons (Fsp3) is 0.560. The number of sulfonamides is 1. The topological polar surface area (TPSA) is 77.8 Å². The molecule has 4 rings (SSSR count). The SMILES string of the molecule is CCOC(=O)Cn1c(C)c(Cc2ccccc2S(=O)(=O)N2CCOCC2)c2c1CCCCC2. The molecule has 0 saturated carbocycles. The van der Waals surface area contributed by atoms with Gasteiger partial charge in [0.25, 0.3) is 0 Å². The second-order valence-electron chi connectivity index (χ2n) is 8.74. The van der Waals surface area contributed by atoms with Crippen molar-refractivity contribution in [1.29, 1.82) is 0 Å². The van der Waals surface area contributed by atoms with Crippen LogP contribution in [0.15, 0.2) is 29.2 Å². The zero-order valence-electron chi connectivity index (χ0n) is 19.6. The van der Waals surface area contributed by atoms with Crippen LogP contribution in [0.4, 0.5) is 0 Å². The highest BCUT2D eigenvalue weighted by Gasteiger charge is 2.30. The van der Waals surface area contributed by atoms with E-state index in [4.69, 9.17) is 9.47 Å². The molecule has 0 unspecified atom stereocenters. The fourth-order valence-electron chi connectivity index (χ4n) is 5.08. The maximum Gasteiger partial charge on any atom is 0.325 e. The number of ether oxygens (including phenoxy) is 2. The third-order valence-corrected chi connectivity index (χ3v) is 8.74. The van der Waals surface area contributed by atoms with Crippen LogP contribution in [0.25, 0.3) is 0 Å². The lowest BCUT2D eigenvalue weighted by molar-refractivity contribution is -0.143. The predicted molar refractivity (Wildman–Crippen MR) is 126 cm³/mol. The molecule has 0 atom stereocenters. The van der Waals surface area contributed by atoms with Crippen molar-refractivity contribution in [2.45, 2.75) is 63.8 Å². The molecule has 1 aromatic heterocycles. The molecule has 180 valence electrons. The second kappa shape index (κ2) is 10.4. The van der Waals surface area contributed by atoms with Crippen molar-refractivity contribution in [3.8, 4) is 0 Å². The number of aromatic nitrogens is 1. The van der Waals surface area contributed by atoms with Crippen LogP contribution in [-0.2, 0) is 50.1 Å². The molecular formula is C25H34N2O5S. The van der Waals surface area contributed by atoms with Gasteiger partial charge in [0.15, 0.2) is 0 Å². The molecule has 1 aromatic carbocycles. The first kappa shape index (κ1) is 24.0. The molecule has 1 fully saturated rings. The van der Waals surface area contributed by atoms with Crippen LogP contribution in [-0.4, -0.2) is 56.2 Å². The molecule has 0 N–H and O–H groups in total. The third-order valence-electron chi connectivity index (χ3n) is 6.74. The molecule has 0 bridgehead atoms. The molecule has 0 amide bonds. The van der Waals surface area contributed by atoms with Crippen LogP contribution in [0.1, 0.15) is 54.3 Å². The summed E-state index contributed by atoms with van der Waals surface area (Å²) in [6.07, 6.45) is 5.79. The van der Waals surface area contributed by atoms with Gasteiger partial charge in [-0.2, -0.15) is 4.31 Å². The zero-order chi connectivity index (χ0) is 23.4. The van der Waals surface area contributed by atoms with E-state index < -0.39 is 10.0 Å². The largest absolute Gasteiger partial charge is 0.465 e.